The summed E-state index contributed by atoms with van der Waals surface area (Å²) in [5.41, 5.74) is 4.72. The van der Waals surface area contributed by atoms with Crippen molar-refractivity contribution in [1.29, 1.82) is 0 Å². The van der Waals surface area contributed by atoms with E-state index >= 15 is 0 Å². The van der Waals surface area contributed by atoms with Crippen LogP contribution in [0.15, 0.2) is 73.4 Å². The summed E-state index contributed by atoms with van der Waals surface area (Å²) in [5, 5.41) is 4.11. The molecule has 0 saturated carbocycles. The summed E-state index contributed by atoms with van der Waals surface area (Å²) >= 11 is 0. The molecule has 0 aromatic carbocycles. The number of pyridine rings is 4. The Morgan fingerprint density at radius 3 is 2.66 bits per heavy atom. The molecule has 0 aliphatic heterocycles. The summed E-state index contributed by atoms with van der Waals surface area (Å²) in [6, 6.07) is 12.6. The van der Waals surface area contributed by atoms with Crippen LogP contribution in [0, 0.1) is 12.7 Å². The molecule has 7 nitrogen and oxygen atoms in total. The van der Waals surface area contributed by atoms with Crippen LogP contribution in [0.5, 0.6) is 0 Å². The maximum absolute atomic E-state index is 14.7. The van der Waals surface area contributed by atoms with Crippen LogP contribution in [0.4, 0.5) is 10.3 Å². The van der Waals surface area contributed by atoms with Gasteiger partial charge in [-0.25, -0.2) is 14.4 Å². The van der Waals surface area contributed by atoms with E-state index in [4.69, 9.17) is 0 Å². The van der Waals surface area contributed by atoms with Crippen LogP contribution in [0.1, 0.15) is 12.7 Å². The van der Waals surface area contributed by atoms with E-state index in [-0.39, 0.29) is 1.43 Å². The molecule has 0 aliphatic carbocycles. The van der Waals surface area contributed by atoms with E-state index < -0.39 is 5.82 Å². The van der Waals surface area contributed by atoms with Crippen LogP contribution in [0.2, 0.25) is 0 Å². The Bertz CT molecular complexity index is 1430. The Morgan fingerprint density at radius 1 is 0.875 bits per heavy atom. The molecule has 32 heavy (non-hydrogen) atoms. The Morgan fingerprint density at radius 2 is 1.78 bits per heavy atom. The molecule has 158 valence electrons. The Labute approximate surface area is 185 Å². The molecule has 5 rings (SSSR count). The summed E-state index contributed by atoms with van der Waals surface area (Å²) in [6.45, 7) is 2.19. The van der Waals surface area contributed by atoms with E-state index in [9.17, 15) is 4.39 Å². The molecule has 1 N–H and O–H groups in total. The summed E-state index contributed by atoms with van der Waals surface area (Å²) in [4.78, 5) is 26.0. The molecule has 0 radical (unpaired) electrons. The zero-order valence-corrected chi connectivity index (χ0v) is 17.2. The Balaban J connectivity index is 0.00000259. The lowest BCUT2D eigenvalue weighted by Crippen LogP contribution is -2.05. The molecular formula is C24H20FN7. The average molecular weight is 425 g/mol. The van der Waals surface area contributed by atoms with Crippen LogP contribution in [-0.4, -0.2) is 29.9 Å². The molecule has 5 aromatic heterocycles. The number of hydrogen-bond acceptors (Lipinski definition) is 7. The van der Waals surface area contributed by atoms with Gasteiger partial charge in [0.1, 0.15) is 11.5 Å². The van der Waals surface area contributed by atoms with E-state index in [0.717, 1.165) is 22.3 Å². The minimum absolute atomic E-state index is 0. The standard InChI is InChI=1S/C24H18FN7.H2/c1-15-9-18(4-7-26-15)23-19(25)10-16(12-30-23)13-31-24-28-8-5-20(32-24)21-11-17-3-2-6-27-22(17)14-29-21;/h2-12,14H,13H2,1H3,(H,28,31,32);1H. The molecule has 0 aliphatic rings. The number of hydrogen-bond donors (Lipinski definition) is 1. The highest BCUT2D eigenvalue weighted by molar-refractivity contribution is 5.81. The first-order chi connectivity index (χ1) is 15.7. The SMILES string of the molecule is Cc1cc(-c2ncc(CNc3nccc(-c4cc5cccnc5cn4)n3)cc2F)ccn1.[HH]. The van der Waals surface area contributed by atoms with Crippen molar-refractivity contribution in [2.24, 2.45) is 0 Å². The lowest BCUT2D eigenvalue weighted by Gasteiger charge is -2.09. The molecule has 5 heterocycles. The van der Waals surface area contributed by atoms with Crippen LogP contribution >= 0.6 is 0 Å². The van der Waals surface area contributed by atoms with Crippen LogP contribution in [-0.2, 0) is 6.54 Å². The van der Waals surface area contributed by atoms with Gasteiger partial charge in [0.15, 0.2) is 0 Å². The Kier molecular flexibility index (Phi) is 5.17. The number of fused-ring (bicyclic) bond motifs is 1. The van der Waals surface area contributed by atoms with Crippen molar-refractivity contribution in [3.8, 4) is 22.6 Å². The number of aryl methyl sites for hydroxylation is 1. The summed E-state index contributed by atoms with van der Waals surface area (Å²) in [7, 11) is 0. The van der Waals surface area contributed by atoms with Gasteiger partial charge in [-0.3, -0.25) is 19.9 Å². The van der Waals surface area contributed by atoms with Gasteiger partial charge in [-0.15, -0.1) is 0 Å². The molecule has 0 bridgehead atoms. The molecule has 0 unspecified atom stereocenters. The van der Waals surface area contributed by atoms with Crippen LogP contribution in [0.25, 0.3) is 33.5 Å². The second-order valence-corrected chi connectivity index (χ2v) is 7.24. The first-order valence-corrected chi connectivity index (χ1v) is 10.0. The lowest BCUT2D eigenvalue weighted by atomic mass is 10.1. The average Bonchev–Trinajstić information content (AvgIpc) is 2.83. The van der Waals surface area contributed by atoms with Crippen molar-refractivity contribution in [3.63, 3.8) is 0 Å². The van der Waals surface area contributed by atoms with Gasteiger partial charge in [0.05, 0.1) is 23.1 Å². The number of aromatic nitrogens is 6. The molecule has 8 heteroatoms. The normalized spacial score (nSPS) is 10.9. The third kappa shape index (κ3) is 4.11. The van der Waals surface area contributed by atoms with Gasteiger partial charge in [0.25, 0.3) is 0 Å². The number of anilines is 1. The largest absolute Gasteiger partial charge is 0.350 e. The zero-order chi connectivity index (χ0) is 21.9. The van der Waals surface area contributed by atoms with E-state index in [1.54, 1.807) is 49.2 Å². The van der Waals surface area contributed by atoms with Crippen molar-refractivity contribution in [3.05, 3.63) is 90.5 Å². The predicted octanol–water partition coefficient (Wildman–Crippen LogP) is 4.85. The highest BCUT2D eigenvalue weighted by Gasteiger charge is 2.10. The van der Waals surface area contributed by atoms with E-state index in [1.165, 1.54) is 6.07 Å². The van der Waals surface area contributed by atoms with E-state index in [2.05, 4.69) is 35.2 Å². The second-order valence-electron chi connectivity index (χ2n) is 7.24. The minimum Gasteiger partial charge on any atom is -0.350 e. The van der Waals surface area contributed by atoms with Crippen molar-refractivity contribution in [2.75, 3.05) is 5.32 Å². The van der Waals surface area contributed by atoms with Crippen LogP contribution < -0.4 is 5.32 Å². The summed E-state index contributed by atoms with van der Waals surface area (Å²) in [6.07, 6.45) is 8.40. The lowest BCUT2D eigenvalue weighted by molar-refractivity contribution is 0.623. The molecule has 0 amide bonds. The predicted molar refractivity (Wildman–Crippen MR) is 122 cm³/mol. The van der Waals surface area contributed by atoms with Gasteiger partial charge in [-0.1, -0.05) is 6.07 Å². The fourth-order valence-corrected chi connectivity index (χ4v) is 3.36. The fourth-order valence-electron chi connectivity index (χ4n) is 3.36. The quantitative estimate of drug-likeness (QED) is 0.430. The minimum atomic E-state index is -0.390. The first-order valence-electron chi connectivity index (χ1n) is 10.0. The molecule has 0 atom stereocenters. The van der Waals surface area contributed by atoms with Gasteiger partial charge < -0.3 is 5.32 Å². The summed E-state index contributed by atoms with van der Waals surface area (Å²) < 4.78 is 14.7. The van der Waals surface area contributed by atoms with E-state index in [0.29, 0.717) is 35.0 Å². The smallest absolute Gasteiger partial charge is 0.223 e. The van der Waals surface area contributed by atoms with Gasteiger partial charge in [-0.2, -0.15) is 0 Å². The summed E-state index contributed by atoms with van der Waals surface area (Å²) in [5.74, 6) is 0.0309. The highest BCUT2D eigenvalue weighted by Crippen LogP contribution is 2.22. The number of nitrogens with zero attached hydrogens (tertiary/aromatic N) is 6. The van der Waals surface area contributed by atoms with Crippen LogP contribution in [0.3, 0.4) is 0 Å². The van der Waals surface area contributed by atoms with Crippen molar-refractivity contribution in [1.82, 2.24) is 29.9 Å². The maximum Gasteiger partial charge on any atom is 0.223 e. The number of nitrogens with one attached hydrogen (secondary N) is 1. The third-order valence-electron chi connectivity index (χ3n) is 4.93. The first kappa shape index (κ1) is 19.6. The fraction of sp³-hybridized carbons (Fsp3) is 0.0833. The van der Waals surface area contributed by atoms with Crippen molar-refractivity contribution < 1.29 is 5.82 Å². The van der Waals surface area contributed by atoms with Gasteiger partial charge >= 0.3 is 0 Å². The van der Waals surface area contributed by atoms with E-state index in [1.807, 2.05) is 25.1 Å². The van der Waals surface area contributed by atoms with Gasteiger partial charge in [-0.05, 0) is 48.9 Å². The molecular weight excluding hydrogens is 405 g/mol. The molecule has 0 spiro atoms. The van der Waals surface area contributed by atoms with Crippen molar-refractivity contribution in [2.45, 2.75) is 13.5 Å². The maximum atomic E-state index is 14.7. The third-order valence-corrected chi connectivity index (χ3v) is 4.93. The number of halogens is 1. The zero-order valence-electron chi connectivity index (χ0n) is 17.2. The monoisotopic (exact) mass is 425 g/mol. The number of rotatable bonds is 5. The second kappa shape index (κ2) is 8.43. The Hall–Kier alpha value is -4.33. The highest BCUT2D eigenvalue weighted by atomic mass is 19.1. The molecule has 5 aromatic rings. The van der Waals surface area contributed by atoms with Gasteiger partial charge in [0, 0.05) is 49.4 Å². The topological polar surface area (TPSA) is 89.4 Å². The molecule has 0 saturated heterocycles. The molecule has 0 fully saturated rings. The van der Waals surface area contributed by atoms with Crippen molar-refractivity contribution >= 4 is 16.9 Å². The van der Waals surface area contributed by atoms with Gasteiger partial charge in [0.2, 0.25) is 5.95 Å².